The molecule has 1 saturated carbocycles. The van der Waals surface area contributed by atoms with Crippen molar-refractivity contribution in [3.8, 4) is 0 Å². The number of carbonyl (C=O) groups excluding carboxylic acids is 1. The van der Waals surface area contributed by atoms with Gasteiger partial charge in [0.1, 0.15) is 5.82 Å². The summed E-state index contributed by atoms with van der Waals surface area (Å²) >= 11 is 0. The van der Waals surface area contributed by atoms with Gasteiger partial charge in [0.15, 0.2) is 0 Å². The first-order valence-electron chi connectivity index (χ1n) is 7.53. The van der Waals surface area contributed by atoms with E-state index in [1.165, 1.54) is 25.0 Å². The zero-order valence-corrected chi connectivity index (χ0v) is 12.3. The van der Waals surface area contributed by atoms with Crippen molar-refractivity contribution in [2.75, 3.05) is 6.61 Å². The van der Waals surface area contributed by atoms with Crippen molar-refractivity contribution < 1.29 is 14.3 Å². The van der Waals surface area contributed by atoms with Gasteiger partial charge in [0.25, 0.3) is 0 Å². The molecule has 4 nitrogen and oxygen atoms in total. The van der Waals surface area contributed by atoms with Gasteiger partial charge >= 0.3 is 6.03 Å². The van der Waals surface area contributed by atoms with Crippen LogP contribution in [0, 0.1) is 11.7 Å². The van der Waals surface area contributed by atoms with Crippen molar-refractivity contribution in [1.82, 2.24) is 10.6 Å². The first kappa shape index (κ1) is 15.8. The molecule has 116 valence electrons. The van der Waals surface area contributed by atoms with Crippen LogP contribution < -0.4 is 10.6 Å². The molecule has 21 heavy (non-hydrogen) atoms. The SMILES string of the molecule is CC(CO)NC(=O)NC(c1ccc(F)cc1)C1CCCC1. The van der Waals surface area contributed by atoms with E-state index >= 15 is 0 Å². The predicted octanol–water partition coefficient (Wildman–Crippen LogP) is 2.74. The Balaban J connectivity index is 2.08. The number of rotatable bonds is 5. The number of aliphatic hydroxyl groups is 1. The van der Waals surface area contributed by atoms with E-state index in [9.17, 15) is 9.18 Å². The van der Waals surface area contributed by atoms with Gasteiger partial charge in [0.05, 0.1) is 18.7 Å². The molecule has 0 heterocycles. The Kier molecular flexibility index (Phi) is 5.56. The van der Waals surface area contributed by atoms with Crippen LogP contribution >= 0.6 is 0 Å². The fourth-order valence-electron chi connectivity index (χ4n) is 2.89. The summed E-state index contributed by atoms with van der Waals surface area (Å²) in [5.74, 6) is 0.105. The fourth-order valence-corrected chi connectivity index (χ4v) is 2.89. The van der Waals surface area contributed by atoms with Gasteiger partial charge in [-0.05, 0) is 43.4 Å². The lowest BCUT2D eigenvalue weighted by Gasteiger charge is -2.26. The molecule has 0 bridgehead atoms. The summed E-state index contributed by atoms with van der Waals surface area (Å²) in [5, 5.41) is 14.7. The maximum absolute atomic E-state index is 13.1. The molecule has 0 spiro atoms. The number of hydrogen-bond donors (Lipinski definition) is 3. The average molecular weight is 294 g/mol. The monoisotopic (exact) mass is 294 g/mol. The highest BCUT2D eigenvalue weighted by Crippen LogP contribution is 2.35. The van der Waals surface area contributed by atoms with Crippen molar-refractivity contribution in [3.05, 3.63) is 35.6 Å². The van der Waals surface area contributed by atoms with Crippen LogP contribution in [0.3, 0.4) is 0 Å². The van der Waals surface area contributed by atoms with Crippen molar-refractivity contribution in [1.29, 1.82) is 0 Å². The number of hydrogen-bond acceptors (Lipinski definition) is 2. The van der Waals surface area contributed by atoms with E-state index in [0.29, 0.717) is 5.92 Å². The minimum absolute atomic E-state index is 0.0991. The third-order valence-electron chi connectivity index (χ3n) is 4.04. The van der Waals surface area contributed by atoms with E-state index in [-0.39, 0.29) is 30.5 Å². The molecule has 0 aromatic heterocycles. The summed E-state index contributed by atoms with van der Waals surface area (Å²) in [6.07, 6.45) is 4.47. The van der Waals surface area contributed by atoms with Gasteiger partial charge in [0.2, 0.25) is 0 Å². The van der Waals surface area contributed by atoms with Crippen LogP contribution in [0.15, 0.2) is 24.3 Å². The summed E-state index contributed by atoms with van der Waals surface area (Å²) in [6, 6.07) is 5.61. The van der Waals surface area contributed by atoms with Gasteiger partial charge < -0.3 is 15.7 Å². The number of benzene rings is 1. The molecule has 2 atom stereocenters. The minimum atomic E-state index is -0.294. The van der Waals surface area contributed by atoms with Crippen LogP contribution in [-0.2, 0) is 0 Å². The predicted molar refractivity (Wildman–Crippen MR) is 79.3 cm³/mol. The fraction of sp³-hybridized carbons (Fsp3) is 0.562. The molecule has 1 aliphatic rings. The van der Waals surface area contributed by atoms with Crippen LogP contribution in [0.4, 0.5) is 9.18 Å². The van der Waals surface area contributed by atoms with Crippen LogP contribution in [0.1, 0.15) is 44.2 Å². The molecule has 0 aliphatic heterocycles. The summed E-state index contributed by atoms with van der Waals surface area (Å²) < 4.78 is 13.1. The average Bonchev–Trinajstić information content (AvgIpc) is 2.99. The van der Waals surface area contributed by atoms with E-state index in [4.69, 9.17) is 5.11 Å². The Labute approximate surface area is 124 Å². The molecule has 1 aromatic carbocycles. The minimum Gasteiger partial charge on any atom is -0.394 e. The van der Waals surface area contributed by atoms with Gasteiger partial charge in [-0.2, -0.15) is 0 Å². The molecule has 1 aliphatic carbocycles. The second-order valence-electron chi connectivity index (χ2n) is 5.78. The van der Waals surface area contributed by atoms with Gasteiger partial charge in [-0.3, -0.25) is 0 Å². The molecular weight excluding hydrogens is 271 g/mol. The van der Waals surface area contributed by atoms with Gasteiger partial charge in [-0.1, -0.05) is 25.0 Å². The second kappa shape index (κ2) is 7.41. The Morgan fingerprint density at radius 3 is 2.48 bits per heavy atom. The molecule has 1 aromatic rings. The van der Waals surface area contributed by atoms with Crippen LogP contribution in [0.2, 0.25) is 0 Å². The maximum Gasteiger partial charge on any atom is 0.315 e. The first-order valence-corrected chi connectivity index (χ1v) is 7.53. The molecule has 5 heteroatoms. The Bertz CT molecular complexity index is 458. The summed E-state index contributed by atoms with van der Waals surface area (Å²) in [7, 11) is 0. The molecule has 3 N–H and O–H groups in total. The zero-order valence-electron chi connectivity index (χ0n) is 12.3. The van der Waals surface area contributed by atoms with Gasteiger partial charge in [0, 0.05) is 0 Å². The number of carbonyl (C=O) groups is 1. The first-order chi connectivity index (χ1) is 10.1. The number of nitrogens with one attached hydrogen (secondary N) is 2. The lowest BCUT2D eigenvalue weighted by molar-refractivity contribution is 0.213. The van der Waals surface area contributed by atoms with Crippen molar-refractivity contribution in [2.45, 2.75) is 44.7 Å². The lowest BCUT2D eigenvalue weighted by Crippen LogP contribution is -2.45. The molecule has 2 amide bonds. The molecular formula is C16H23FN2O2. The Morgan fingerprint density at radius 2 is 1.90 bits per heavy atom. The van der Waals surface area contributed by atoms with E-state index in [2.05, 4.69) is 10.6 Å². The summed E-state index contributed by atoms with van der Waals surface area (Å²) in [6.45, 7) is 1.64. The van der Waals surface area contributed by atoms with E-state index in [1.54, 1.807) is 19.1 Å². The Morgan fingerprint density at radius 1 is 1.29 bits per heavy atom. The van der Waals surface area contributed by atoms with Crippen molar-refractivity contribution >= 4 is 6.03 Å². The number of urea groups is 1. The maximum atomic E-state index is 13.1. The highest BCUT2D eigenvalue weighted by molar-refractivity contribution is 5.74. The molecule has 2 unspecified atom stereocenters. The smallest absolute Gasteiger partial charge is 0.315 e. The quantitative estimate of drug-likeness (QED) is 0.782. The summed E-state index contributed by atoms with van der Waals surface area (Å²) in [5.41, 5.74) is 0.926. The van der Waals surface area contributed by atoms with E-state index in [0.717, 1.165) is 18.4 Å². The molecule has 2 rings (SSSR count). The van der Waals surface area contributed by atoms with E-state index in [1.807, 2.05) is 0 Å². The normalized spacial score (nSPS) is 18.2. The highest BCUT2D eigenvalue weighted by Gasteiger charge is 2.28. The number of aliphatic hydroxyl groups excluding tert-OH is 1. The summed E-state index contributed by atoms with van der Waals surface area (Å²) in [4.78, 5) is 12.0. The third-order valence-corrected chi connectivity index (χ3v) is 4.04. The van der Waals surface area contributed by atoms with Gasteiger partial charge in [-0.15, -0.1) is 0 Å². The van der Waals surface area contributed by atoms with Crippen LogP contribution in [-0.4, -0.2) is 23.8 Å². The lowest BCUT2D eigenvalue weighted by atomic mass is 9.91. The number of halogens is 1. The molecule has 0 saturated heterocycles. The Hall–Kier alpha value is -1.62. The largest absolute Gasteiger partial charge is 0.394 e. The van der Waals surface area contributed by atoms with Crippen LogP contribution in [0.5, 0.6) is 0 Å². The molecule has 1 fully saturated rings. The topological polar surface area (TPSA) is 61.4 Å². The molecule has 0 radical (unpaired) electrons. The van der Waals surface area contributed by atoms with Crippen LogP contribution in [0.25, 0.3) is 0 Å². The third kappa shape index (κ3) is 4.43. The zero-order chi connectivity index (χ0) is 15.2. The van der Waals surface area contributed by atoms with Gasteiger partial charge in [-0.25, -0.2) is 9.18 Å². The second-order valence-corrected chi connectivity index (χ2v) is 5.78. The number of amides is 2. The van der Waals surface area contributed by atoms with Crippen molar-refractivity contribution in [2.24, 2.45) is 5.92 Å². The van der Waals surface area contributed by atoms with Crippen molar-refractivity contribution in [3.63, 3.8) is 0 Å². The highest BCUT2D eigenvalue weighted by atomic mass is 19.1. The van der Waals surface area contributed by atoms with E-state index < -0.39 is 0 Å². The standard InChI is InChI=1S/C16H23FN2O2/c1-11(10-20)18-16(21)19-15(12-4-2-3-5-12)13-6-8-14(17)9-7-13/h6-9,11-12,15,20H,2-5,10H2,1H3,(H2,18,19,21).